The second-order valence-corrected chi connectivity index (χ2v) is 3.91. The Morgan fingerprint density at radius 1 is 1.35 bits per heavy atom. The van der Waals surface area contributed by atoms with Crippen molar-refractivity contribution in [3.05, 3.63) is 23.8 Å². The summed E-state index contributed by atoms with van der Waals surface area (Å²) >= 11 is 0. The smallest absolute Gasteiger partial charge is 0.124 e. The number of benzene rings is 1. The highest BCUT2D eigenvalue weighted by Gasteiger charge is 2.13. The first-order chi connectivity index (χ1) is 8.35. The minimum absolute atomic E-state index is 0.349. The molecule has 0 spiro atoms. The van der Waals surface area contributed by atoms with Crippen molar-refractivity contribution in [1.29, 1.82) is 0 Å². The molecule has 1 aliphatic rings. The molecule has 1 aliphatic heterocycles. The fourth-order valence-corrected chi connectivity index (χ4v) is 1.99. The molecule has 1 aromatic rings. The SMILES string of the molecule is COc1ccc(N2CCOCC2)cc1CON. The quantitative estimate of drug-likeness (QED) is 0.791. The van der Waals surface area contributed by atoms with Gasteiger partial charge in [-0.3, -0.25) is 4.84 Å². The van der Waals surface area contributed by atoms with Gasteiger partial charge in [-0.25, -0.2) is 5.90 Å². The molecule has 0 bridgehead atoms. The molecule has 1 fully saturated rings. The minimum atomic E-state index is 0.349. The number of hydrogen-bond donors (Lipinski definition) is 1. The number of rotatable bonds is 4. The highest BCUT2D eigenvalue weighted by molar-refractivity contribution is 5.53. The van der Waals surface area contributed by atoms with Crippen molar-refractivity contribution < 1.29 is 14.3 Å². The zero-order valence-electron chi connectivity index (χ0n) is 10.0. The van der Waals surface area contributed by atoms with Gasteiger partial charge >= 0.3 is 0 Å². The molecule has 0 radical (unpaired) electrons. The molecule has 1 aromatic carbocycles. The maximum atomic E-state index is 5.33. The molecule has 0 unspecified atom stereocenters. The zero-order chi connectivity index (χ0) is 12.1. The van der Waals surface area contributed by atoms with Gasteiger partial charge in [-0.1, -0.05) is 0 Å². The van der Waals surface area contributed by atoms with Crippen molar-refractivity contribution in [2.24, 2.45) is 5.90 Å². The van der Waals surface area contributed by atoms with E-state index in [4.69, 9.17) is 15.4 Å². The largest absolute Gasteiger partial charge is 0.496 e. The van der Waals surface area contributed by atoms with Crippen molar-refractivity contribution in [2.75, 3.05) is 38.3 Å². The summed E-state index contributed by atoms with van der Waals surface area (Å²) in [5, 5.41) is 0. The van der Waals surface area contributed by atoms with E-state index in [1.807, 2.05) is 12.1 Å². The van der Waals surface area contributed by atoms with Gasteiger partial charge in [0.05, 0.1) is 26.9 Å². The van der Waals surface area contributed by atoms with E-state index in [1.54, 1.807) is 7.11 Å². The van der Waals surface area contributed by atoms with E-state index in [0.717, 1.165) is 43.3 Å². The van der Waals surface area contributed by atoms with Crippen LogP contribution in [0.1, 0.15) is 5.56 Å². The van der Waals surface area contributed by atoms with Crippen LogP contribution in [-0.4, -0.2) is 33.4 Å². The van der Waals surface area contributed by atoms with Gasteiger partial charge in [0.15, 0.2) is 0 Å². The van der Waals surface area contributed by atoms with Crippen LogP contribution in [-0.2, 0) is 16.2 Å². The van der Waals surface area contributed by atoms with Crippen LogP contribution in [0.4, 0.5) is 5.69 Å². The van der Waals surface area contributed by atoms with E-state index in [1.165, 1.54) is 0 Å². The van der Waals surface area contributed by atoms with Gasteiger partial charge in [0.2, 0.25) is 0 Å². The Morgan fingerprint density at radius 2 is 2.12 bits per heavy atom. The number of methoxy groups -OCH3 is 1. The number of nitrogens with zero attached hydrogens (tertiary/aromatic N) is 1. The lowest BCUT2D eigenvalue weighted by molar-refractivity contribution is 0.121. The molecule has 1 saturated heterocycles. The van der Waals surface area contributed by atoms with Crippen molar-refractivity contribution >= 4 is 5.69 Å². The molecule has 0 saturated carbocycles. The van der Waals surface area contributed by atoms with E-state index in [2.05, 4.69) is 15.8 Å². The Bertz CT molecular complexity index is 365. The van der Waals surface area contributed by atoms with Gasteiger partial charge in [0.1, 0.15) is 5.75 Å². The number of ether oxygens (including phenoxy) is 2. The van der Waals surface area contributed by atoms with Crippen LogP contribution < -0.4 is 15.5 Å². The van der Waals surface area contributed by atoms with Crippen LogP contribution in [0, 0.1) is 0 Å². The third-order valence-corrected chi connectivity index (χ3v) is 2.88. The van der Waals surface area contributed by atoms with Crippen molar-refractivity contribution in [3.63, 3.8) is 0 Å². The molecule has 5 heteroatoms. The number of hydrogen-bond acceptors (Lipinski definition) is 5. The third-order valence-electron chi connectivity index (χ3n) is 2.88. The average Bonchev–Trinajstić information content (AvgIpc) is 2.40. The normalized spacial score (nSPS) is 16.0. The Balaban J connectivity index is 2.19. The van der Waals surface area contributed by atoms with Crippen molar-refractivity contribution in [1.82, 2.24) is 0 Å². The molecule has 5 nitrogen and oxygen atoms in total. The van der Waals surface area contributed by atoms with Crippen LogP contribution in [0.25, 0.3) is 0 Å². The van der Waals surface area contributed by atoms with Gasteiger partial charge in [0.25, 0.3) is 0 Å². The molecule has 0 aromatic heterocycles. The van der Waals surface area contributed by atoms with Crippen LogP contribution >= 0.6 is 0 Å². The lowest BCUT2D eigenvalue weighted by Crippen LogP contribution is -2.36. The van der Waals surface area contributed by atoms with Crippen LogP contribution in [0.2, 0.25) is 0 Å². The standard InChI is InChI=1S/C12H18N2O3/c1-15-12-3-2-11(8-10(12)9-17-13)14-4-6-16-7-5-14/h2-3,8H,4-7,9,13H2,1H3. The molecular formula is C12H18N2O3. The number of morpholine rings is 1. The second-order valence-electron chi connectivity index (χ2n) is 3.91. The number of nitrogens with two attached hydrogens (primary N) is 1. The Kier molecular flexibility index (Phi) is 4.19. The Labute approximate surface area is 101 Å². The molecule has 0 atom stereocenters. The third kappa shape index (κ3) is 2.88. The summed E-state index contributed by atoms with van der Waals surface area (Å²) < 4.78 is 10.6. The lowest BCUT2D eigenvalue weighted by Gasteiger charge is -2.29. The van der Waals surface area contributed by atoms with Crippen molar-refractivity contribution in [2.45, 2.75) is 6.61 Å². The summed E-state index contributed by atoms with van der Waals surface area (Å²) in [5.41, 5.74) is 2.11. The first-order valence-electron chi connectivity index (χ1n) is 5.66. The molecule has 1 heterocycles. The maximum Gasteiger partial charge on any atom is 0.124 e. The minimum Gasteiger partial charge on any atom is -0.496 e. The van der Waals surface area contributed by atoms with E-state index >= 15 is 0 Å². The second kappa shape index (κ2) is 5.86. The van der Waals surface area contributed by atoms with E-state index < -0.39 is 0 Å². The highest BCUT2D eigenvalue weighted by atomic mass is 16.6. The summed E-state index contributed by atoms with van der Waals surface area (Å²) in [6.45, 7) is 3.72. The summed E-state index contributed by atoms with van der Waals surface area (Å²) in [7, 11) is 1.64. The fourth-order valence-electron chi connectivity index (χ4n) is 1.99. The highest BCUT2D eigenvalue weighted by Crippen LogP contribution is 2.25. The topological polar surface area (TPSA) is 57.0 Å². The Morgan fingerprint density at radius 3 is 2.76 bits per heavy atom. The lowest BCUT2D eigenvalue weighted by atomic mass is 10.1. The van der Waals surface area contributed by atoms with Crippen LogP contribution in [0.15, 0.2) is 18.2 Å². The number of anilines is 1. The predicted octanol–water partition coefficient (Wildman–Crippen LogP) is 0.922. The van der Waals surface area contributed by atoms with Gasteiger partial charge in [-0.2, -0.15) is 0 Å². The Hall–Kier alpha value is -1.30. The van der Waals surface area contributed by atoms with Gasteiger partial charge < -0.3 is 14.4 Å². The molecule has 0 aliphatic carbocycles. The average molecular weight is 238 g/mol. The summed E-state index contributed by atoms with van der Waals surface area (Å²) in [6.07, 6.45) is 0. The van der Waals surface area contributed by atoms with Crippen molar-refractivity contribution in [3.8, 4) is 5.75 Å². The fraction of sp³-hybridized carbons (Fsp3) is 0.500. The van der Waals surface area contributed by atoms with E-state index in [0.29, 0.717) is 6.61 Å². The van der Waals surface area contributed by atoms with Crippen LogP contribution in [0.3, 0.4) is 0 Å². The molecular weight excluding hydrogens is 220 g/mol. The molecule has 94 valence electrons. The van der Waals surface area contributed by atoms with Gasteiger partial charge in [0, 0.05) is 24.3 Å². The van der Waals surface area contributed by atoms with Gasteiger partial charge in [-0.15, -0.1) is 0 Å². The van der Waals surface area contributed by atoms with E-state index in [-0.39, 0.29) is 0 Å². The van der Waals surface area contributed by atoms with Crippen LogP contribution in [0.5, 0.6) is 5.75 Å². The first-order valence-corrected chi connectivity index (χ1v) is 5.66. The molecule has 0 amide bonds. The monoisotopic (exact) mass is 238 g/mol. The maximum absolute atomic E-state index is 5.33. The summed E-state index contributed by atoms with van der Waals surface area (Å²) in [6, 6.07) is 6.04. The van der Waals surface area contributed by atoms with E-state index in [9.17, 15) is 0 Å². The predicted molar refractivity (Wildman–Crippen MR) is 65.0 cm³/mol. The first kappa shape index (κ1) is 12.2. The van der Waals surface area contributed by atoms with Gasteiger partial charge in [-0.05, 0) is 18.2 Å². The zero-order valence-corrected chi connectivity index (χ0v) is 10.0. The summed E-state index contributed by atoms with van der Waals surface area (Å²) in [5.74, 6) is 5.92. The molecule has 2 N–H and O–H groups in total. The molecule has 2 rings (SSSR count). The molecule has 17 heavy (non-hydrogen) atoms. The summed E-state index contributed by atoms with van der Waals surface area (Å²) in [4.78, 5) is 6.97.